The van der Waals surface area contributed by atoms with Crippen LogP contribution in [0.5, 0.6) is 5.75 Å². The van der Waals surface area contributed by atoms with E-state index in [-0.39, 0.29) is 0 Å². The second-order valence-corrected chi connectivity index (χ2v) is 5.65. The minimum atomic E-state index is 0.473. The molecule has 0 fully saturated rings. The first-order chi connectivity index (χ1) is 11.3. The molecule has 0 aliphatic carbocycles. The van der Waals surface area contributed by atoms with E-state index < -0.39 is 0 Å². The molecule has 0 unspecified atom stereocenters. The van der Waals surface area contributed by atoms with Crippen molar-refractivity contribution in [3.63, 3.8) is 0 Å². The number of ether oxygens (including phenoxy) is 1. The maximum atomic E-state index is 6.13. The largest absolute Gasteiger partial charge is 0.489 e. The van der Waals surface area contributed by atoms with Crippen LogP contribution < -0.4 is 10.1 Å². The first-order valence-corrected chi connectivity index (χ1v) is 7.93. The summed E-state index contributed by atoms with van der Waals surface area (Å²) in [6.07, 6.45) is 0. The van der Waals surface area contributed by atoms with Crippen LogP contribution in [0.4, 0.5) is 5.69 Å². The van der Waals surface area contributed by atoms with Gasteiger partial charge in [-0.1, -0.05) is 60.1 Å². The van der Waals surface area contributed by atoms with Crippen LogP contribution in [0.25, 0.3) is 0 Å². The van der Waals surface area contributed by atoms with Crippen LogP contribution in [-0.2, 0) is 13.2 Å². The van der Waals surface area contributed by atoms with E-state index in [9.17, 15) is 0 Å². The summed E-state index contributed by atoms with van der Waals surface area (Å²) >= 11 is 6.13. The topological polar surface area (TPSA) is 21.3 Å². The second kappa shape index (κ2) is 7.70. The van der Waals surface area contributed by atoms with Crippen molar-refractivity contribution in [2.24, 2.45) is 0 Å². The van der Waals surface area contributed by atoms with Gasteiger partial charge in [0.05, 0.1) is 0 Å². The van der Waals surface area contributed by atoms with Gasteiger partial charge in [-0.25, -0.2) is 0 Å². The van der Waals surface area contributed by atoms with E-state index in [1.807, 2.05) is 54.6 Å². The van der Waals surface area contributed by atoms with Crippen molar-refractivity contribution in [2.75, 3.05) is 5.32 Å². The van der Waals surface area contributed by atoms with Gasteiger partial charge in [-0.05, 0) is 35.9 Å². The molecule has 0 atom stereocenters. The SMILES string of the molecule is Clc1ccccc1COc1ccc(CNc2ccccc2)cc1. The van der Waals surface area contributed by atoms with Gasteiger partial charge in [0, 0.05) is 22.8 Å². The number of anilines is 1. The van der Waals surface area contributed by atoms with Gasteiger partial charge in [0.1, 0.15) is 12.4 Å². The zero-order valence-electron chi connectivity index (χ0n) is 12.7. The maximum absolute atomic E-state index is 6.13. The summed E-state index contributed by atoms with van der Waals surface area (Å²) in [7, 11) is 0. The molecule has 3 aromatic rings. The molecular weight excluding hydrogens is 306 g/mol. The number of para-hydroxylation sites is 1. The summed E-state index contributed by atoms with van der Waals surface area (Å²) in [5, 5.41) is 4.12. The Bertz CT molecular complexity index is 741. The predicted molar refractivity (Wildman–Crippen MR) is 96.0 cm³/mol. The third-order valence-corrected chi connectivity index (χ3v) is 3.91. The molecule has 0 aromatic heterocycles. The molecule has 0 aliphatic heterocycles. The van der Waals surface area contributed by atoms with Crippen LogP contribution in [0, 0.1) is 0 Å². The molecular formula is C20H18ClNO. The Morgan fingerprint density at radius 1 is 0.783 bits per heavy atom. The van der Waals surface area contributed by atoms with Crippen molar-refractivity contribution in [3.05, 3.63) is 95.0 Å². The van der Waals surface area contributed by atoms with E-state index in [0.717, 1.165) is 28.6 Å². The Labute approximate surface area is 141 Å². The lowest BCUT2D eigenvalue weighted by Gasteiger charge is -2.09. The van der Waals surface area contributed by atoms with Crippen molar-refractivity contribution in [2.45, 2.75) is 13.2 Å². The van der Waals surface area contributed by atoms with Crippen molar-refractivity contribution < 1.29 is 4.74 Å². The highest BCUT2D eigenvalue weighted by molar-refractivity contribution is 6.31. The minimum Gasteiger partial charge on any atom is -0.489 e. The van der Waals surface area contributed by atoms with Gasteiger partial charge < -0.3 is 10.1 Å². The van der Waals surface area contributed by atoms with Crippen molar-refractivity contribution in [3.8, 4) is 5.75 Å². The van der Waals surface area contributed by atoms with Crippen LogP contribution >= 0.6 is 11.6 Å². The van der Waals surface area contributed by atoms with Crippen LogP contribution in [0.2, 0.25) is 5.02 Å². The molecule has 0 spiro atoms. The van der Waals surface area contributed by atoms with Crippen LogP contribution in [0.15, 0.2) is 78.9 Å². The Balaban J connectivity index is 1.54. The molecule has 0 heterocycles. The highest BCUT2D eigenvalue weighted by Crippen LogP contribution is 2.19. The van der Waals surface area contributed by atoms with Gasteiger partial charge in [0.2, 0.25) is 0 Å². The van der Waals surface area contributed by atoms with E-state index in [1.165, 1.54) is 5.56 Å². The summed E-state index contributed by atoms with van der Waals surface area (Å²) in [5.41, 5.74) is 3.31. The molecule has 1 N–H and O–H groups in total. The van der Waals surface area contributed by atoms with Crippen molar-refractivity contribution >= 4 is 17.3 Å². The predicted octanol–water partition coefficient (Wildman–Crippen LogP) is 5.53. The van der Waals surface area contributed by atoms with Gasteiger partial charge in [0.15, 0.2) is 0 Å². The van der Waals surface area contributed by atoms with Gasteiger partial charge in [-0.3, -0.25) is 0 Å². The zero-order valence-corrected chi connectivity index (χ0v) is 13.5. The number of hydrogen-bond donors (Lipinski definition) is 1. The number of rotatable bonds is 6. The highest BCUT2D eigenvalue weighted by atomic mass is 35.5. The standard InChI is InChI=1S/C20H18ClNO/c21-20-9-5-4-6-17(20)15-23-19-12-10-16(11-13-19)14-22-18-7-2-1-3-8-18/h1-13,22H,14-15H2. The maximum Gasteiger partial charge on any atom is 0.119 e. The van der Waals surface area contributed by atoms with Gasteiger partial charge in [-0.15, -0.1) is 0 Å². The number of halogens is 1. The molecule has 0 amide bonds. The molecule has 0 radical (unpaired) electrons. The zero-order chi connectivity index (χ0) is 15.9. The fourth-order valence-corrected chi connectivity index (χ4v) is 2.43. The van der Waals surface area contributed by atoms with Crippen molar-refractivity contribution in [1.29, 1.82) is 0 Å². The first-order valence-electron chi connectivity index (χ1n) is 7.55. The van der Waals surface area contributed by atoms with E-state index in [1.54, 1.807) is 0 Å². The van der Waals surface area contributed by atoms with Crippen LogP contribution in [-0.4, -0.2) is 0 Å². The molecule has 0 saturated carbocycles. The van der Waals surface area contributed by atoms with E-state index in [0.29, 0.717) is 6.61 Å². The molecule has 0 bridgehead atoms. The number of nitrogens with one attached hydrogen (secondary N) is 1. The molecule has 23 heavy (non-hydrogen) atoms. The molecule has 0 aliphatic rings. The lowest BCUT2D eigenvalue weighted by atomic mass is 10.2. The van der Waals surface area contributed by atoms with Crippen LogP contribution in [0.1, 0.15) is 11.1 Å². The van der Waals surface area contributed by atoms with Gasteiger partial charge >= 0.3 is 0 Å². The third kappa shape index (κ3) is 4.51. The smallest absolute Gasteiger partial charge is 0.119 e. The van der Waals surface area contributed by atoms with E-state index >= 15 is 0 Å². The summed E-state index contributed by atoms with van der Waals surface area (Å²) in [6, 6.07) is 26.0. The highest BCUT2D eigenvalue weighted by Gasteiger charge is 2.01. The molecule has 3 aromatic carbocycles. The van der Waals surface area contributed by atoms with Crippen LogP contribution in [0.3, 0.4) is 0 Å². The van der Waals surface area contributed by atoms with E-state index in [4.69, 9.17) is 16.3 Å². The lowest BCUT2D eigenvalue weighted by Crippen LogP contribution is -1.99. The number of benzene rings is 3. The molecule has 3 rings (SSSR count). The average Bonchev–Trinajstić information content (AvgIpc) is 2.61. The fraction of sp³-hybridized carbons (Fsp3) is 0.100. The summed E-state index contributed by atoms with van der Waals surface area (Å²) < 4.78 is 5.79. The number of hydrogen-bond acceptors (Lipinski definition) is 2. The second-order valence-electron chi connectivity index (χ2n) is 5.24. The molecule has 0 saturated heterocycles. The molecule has 3 heteroatoms. The monoisotopic (exact) mass is 323 g/mol. The quantitative estimate of drug-likeness (QED) is 0.644. The Hall–Kier alpha value is -2.45. The Kier molecular flexibility index (Phi) is 5.17. The summed E-state index contributed by atoms with van der Waals surface area (Å²) in [5.74, 6) is 0.841. The normalized spacial score (nSPS) is 10.3. The Morgan fingerprint density at radius 2 is 1.48 bits per heavy atom. The summed E-state index contributed by atoms with van der Waals surface area (Å²) in [4.78, 5) is 0. The molecule has 116 valence electrons. The molecule has 2 nitrogen and oxygen atoms in total. The first kappa shape index (κ1) is 15.4. The van der Waals surface area contributed by atoms with Gasteiger partial charge in [0.25, 0.3) is 0 Å². The minimum absolute atomic E-state index is 0.473. The van der Waals surface area contributed by atoms with E-state index in [2.05, 4.69) is 29.6 Å². The van der Waals surface area contributed by atoms with Gasteiger partial charge in [-0.2, -0.15) is 0 Å². The summed E-state index contributed by atoms with van der Waals surface area (Å²) in [6.45, 7) is 1.26. The van der Waals surface area contributed by atoms with Crippen molar-refractivity contribution in [1.82, 2.24) is 0 Å². The fourth-order valence-electron chi connectivity index (χ4n) is 2.24. The Morgan fingerprint density at radius 3 is 2.22 bits per heavy atom. The third-order valence-electron chi connectivity index (χ3n) is 3.55. The average molecular weight is 324 g/mol. The lowest BCUT2D eigenvalue weighted by molar-refractivity contribution is 0.306.